The molecular weight excluding hydrogens is 262 g/mol. The molecule has 0 aromatic heterocycles. The van der Waals surface area contributed by atoms with Crippen molar-refractivity contribution in [1.82, 2.24) is 5.32 Å². The molecule has 1 aliphatic heterocycles. The lowest BCUT2D eigenvalue weighted by Gasteiger charge is -2.42. The maximum absolute atomic E-state index is 12.0. The lowest BCUT2D eigenvalue weighted by atomic mass is 9.96. The highest BCUT2D eigenvalue weighted by Gasteiger charge is 2.41. The Bertz CT molecular complexity index is 569. The number of thiocarbonyl (C=S) groups is 1. The third-order valence-electron chi connectivity index (χ3n) is 3.25. The number of piperazine rings is 1. The number of anilines is 1. The Kier molecular flexibility index (Phi) is 3.28. The fraction of sp³-hybridized carbons (Fsp3) is 0.308. The SMILES string of the molecule is CC1(C)C(=O)NC(=O)CN1c1ccccc1C(N)=S. The molecule has 0 atom stereocenters. The molecule has 0 unspecified atom stereocenters. The number of imide groups is 1. The molecule has 1 saturated heterocycles. The summed E-state index contributed by atoms with van der Waals surface area (Å²) in [6, 6.07) is 7.23. The summed E-state index contributed by atoms with van der Waals surface area (Å²) >= 11 is 5.02. The molecule has 1 heterocycles. The van der Waals surface area contributed by atoms with E-state index in [1.165, 1.54) is 0 Å². The molecule has 0 spiro atoms. The predicted molar refractivity (Wildman–Crippen MR) is 76.9 cm³/mol. The van der Waals surface area contributed by atoms with Gasteiger partial charge < -0.3 is 10.6 Å². The van der Waals surface area contributed by atoms with Gasteiger partial charge >= 0.3 is 0 Å². The average Bonchev–Trinajstić information content (AvgIpc) is 2.34. The monoisotopic (exact) mass is 277 g/mol. The minimum absolute atomic E-state index is 0.0956. The number of para-hydroxylation sites is 1. The van der Waals surface area contributed by atoms with Crippen LogP contribution in [0.2, 0.25) is 0 Å². The van der Waals surface area contributed by atoms with Crippen LogP contribution in [-0.2, 0) is 9.59 Å². The van der Waals surface area contributed by atoms with Crippen molar-refractivity contribution in [3.05, 3.63) is 29.8 Å². The molecule has 6 heteroatoms. The molecule has 1 aromatic rings. The number of rotatable bonds is 2. The number of hydrogen-bond donors (Lipinski definition) is 2. The third kappa shape index (κ3) is 2.31. The average molecular weight is 277 g/mol. The summed E-state index contributed by atoms with van der Waals surface area (Å²) in [6.45, 7) is 3.61. The van der Waals surface area contributed by atoms with Crippen molar-refractivity contribution >= 4 is 34.7 Å². The Morgan fingerprint density at radius 2 is 2.00 bits per heavy atom. The molecule has 100 valence electrons. The van der Waals surface area contributed by atoms with Crippen molar-refractivity contribution in [2.45, 2.75) is 19.4 Å². The van der Waals surface area contributed by atoms with Crippen molar-refractivity contribution in [3.63, 3.8) is 0 Å². The van der Waals surface area contributed by atoms with Crippen LogP contribution in [0.1, 0.15) is 19.4 Å². The second kappa shape index (κ2) is 4.62. The zero-order valence-electron chi connectivity index (χ0n) is 10.8. The summed E-state index contributed by atoms with van der Waals surface area (Å²) in [5, 5.41) is 2.33. The number of carbonyl (C=O) groups is 2. The minimum Gasteiger partial charge on any atom is -0.389 e. The zero-order valence-corrected chi connectivity index (χ0v) is 11.6. The first-order valence-corrected chi connectivity index (χ1v) is 6.25. The van der Waals surface area contributed by atoms with E-state index < -0.39 is 5.54 Å². The van der Waals surface area contributed by atoms with E-state index in [0.29, 0.717) is 11.3 Å². The second-order valence-corrected chi connectivity index (χ2v) is 5.34. The molecule has 1 aliphatic rings. The van der Waals surface area contributed by atoms with Crippen LogP contribution in [0.4, 0.5) is 5.69 Å². The topological polar surface area (TPSA) is 75.4 Å². The van der Waals surface area contributed by atoms with Gasteiger partial charge in [-0.05, 0) is 26.0 Å². The van der Waals surface area contributed by atoms with Crippen molar-refractivity contribution in [2.75, 3.05) is 11.4 Å². The van der Waals surface area contributed by atoms with Gasteiger partial charge in [-0.3, -0.25) is 14.9 Å². The molecule has 3 N–H and O–H groups in total. The van der Waals surface area contributed by atoms with Crippen LogP contribution in [0.5, 0.6) is 0 Å². The smallest absolute Gasteiger partial charge is 0.251 e. The van der Waals surface area contributed by atoms with E-state index in [9.17, 15) is 9.59 Å². The highest BCUT2D eigenvalue weighted by molar-refractivity contribution is 7.80. The molecule has 2 rings (SSSR count). The molecule has 0 aliphatic carbocycles. The summed E-state index contributed by atoms with van der Waals surface area (Å²) < 4.78 is 0. The van der Waals surface area contributed by atoms with Crippen molar-refractivity contribution < 1.29 is 9.59 Å². The van der Waals surface area contributed by atoms with Gasteiger partial charge in [-0.25, -0.2) is 0 Å². The van der Waals surface area contributed by atoms with E-state index in [-0.39, 0.29) is 23.3 Å². The Hall–Kier alpha value is -1.95. The molecule has 0 saturated carbocycles. The van der Waals surface area contributed by atoms with Crippen LogP contribution in [0, 0.1) is 0 Å². The van der Waals surface area contributed by atoms with Crippen LogP contribution >= 0.6 is 12.2 Å². The highest BCUT2D eigenvalue weighted by atomic mass is 32.1. The van der Waals surface area contributed by atoms with Gasteiger partial charge in [-0.15, -0.1) is 0 Å². The molecule has 0 radical (unpaired) electrons. The second-order valence-electron chi connectivity index (χ2n) is 4.90. The largest absolute Gasteiger partial charge is 0.389 e. The zero-order chi connectivity index (χ0) is 14.2. The van der Waals surface area contributed by atoms with Crippen LogP contribution in [-0.4, -0.2) is 28.9 Å². The van der Waals surface area contributed by atoms with Crippen LogP contribution in [0.25, 0.3) is 0 Å². The summed E-state index contributed by atoms with van der Waals surface area (Å²) in [5.74, 6) is -0.663. The summed E-state index contributed by atoms with van der Waals surface area (Å²) in [6.07, 6.45) is 0. The maximum Gasteiger partial charge on any atom is 0.251 e. The molecule has 0 bridgehead atoms. The quantitative estimate of drug-likeness (QED) is 0.610. The Morgan fingerprint density at radius 3 is 2.63 bits per heavy atom. The third-order valence-corrected chi connectivity index (χ3v) is 3.47. The van der Waals surface area contributed by atoms with Gasteiger partial charge in [0.05, 0.1) is 6.54 Å². The molecular formula is C13H15N3O2S. The number of nitrogens with two attached hydrogens (primary N) is 1. The first-order chi connectivity index (χ1) is 8.84. The predicted octanol–water partition coefficient (Wildman–Crippen LogP) is 0.562. The summed E-state index contributed by atoms with van der Waals surface area (Å²) in [7, 11) is 0. The Morgan fingerprint density at radius 1 is 1.37 bits per heavy atom. The number of amides is 2. The van der Waals surface area contributed by atoms with Gasteiger partial charge in [0.2, 0.25) is 5.91 Å². The first kappa shape index (κ1) is 13.5. The number of carbonyl (C=O) groups excluding carboxylic acids is 2. The number of hydrogen-bond acceptors (Lipinski definition) is 4. The van der Waals surface area contributed by atoms with Gasteiger partial charge in [-0.1, -0.05) is 24.4 Å². The number of nitrogens with one attached hydrogen (secondary N) is 1. The standard InChI is InChI=1S/C13H15N3O2S/c1-13(2)12(18)15-10(17)7-16(13)9-6-4-3-5-8(9)11(14)19/h3-6H,7H2,1-2H3,(H2,14,19)(H,15,17,18). The lowest BCUT2D eigenvalue weighted by molar-refractivity contribution is -0.135. The Balaban J connectivity index is 2.53. The fourth-order valence-corrected chi connectivity index (χ4v) is 2.26. The fourth-order valence-electron chi connectivity index (χ4n) is 2.09. The molecule has 5 nitrogen and oxygen atoms in total. The molecule has 2 amide bonds. The maximum atomic E-state index is 12.0. The van der Waals surface area contributed by atoms with Crippen molar-refractivity contribution in [3.8, 4) is 0 Å². The normalized spacial score (nSPS) is 18.1. The van der Waals surface area contributed by atoms with Crippen LogP contribution < -0.4 is 16.0 Å². The Labute approximate surface area is 116 Å². The van der Waals surface area contributed by atoms with Crippen LogP contribution in [0.15, 0.2) is 24.3 Å². The van der Waals surface area contributed by atoms with Crippen molar-refractivity contribution in [2.24, 2.45) is 5.73 Å². The van der Waals surface area contributed by atoms with E-state index in [1.54, 1.807) is 24.8 Å². The first-order valence-electron chi connectivity index (χ1n) is 5.85. The van der Waals surface area contributed by atoms with E-state index in [4.69, 9.17) is 18.0 Å². The van der Waals surface area contributed by atoms with E-state index in [0.717, 1.165) is 0 Å². The number of benzene rings is 1. The summed E-state index contributed by atoms with van der Waals surface area (Å²) in [4.78, 5) is 25.5. The minimum atomic E-state index is -0.838. The molecule has 1 aromatic carbocycles. The lowest BCUT2D eigenvalue weighted by Crippen LogP contribution is -2.64. The van der Waals surface area contributed by atoms with Gasteiger partial charge in [0.25, 0.3) is 5.91 Å². The van der Waals surface area contributed by atoms with E-state index in [1.807, 2.05) is 18.2 Å². The van der Waals surface area contributed by atoms with Gasteiger partial charge in [0.15, 0.2) is 0 Å². The molecule has 19 heavy (non-hydrogen) atoms. The van der Waals surface area contributed by atoms with E-state index >= 15 is 0 Å². The van der Waals surface area contributed by atoms with Gasteiger partial charge in [-0.2, -0.15) is 0 Å². The van der Waals surface area contributed by atoms with E-state index in [2.05, 4.69) is 5.32 Å². The number of nitrogens with zero attached hydrogens (tertiary/aromatic N) is 1. The van der Waals surface area contributed by atoms with Gasteiger partial charge in [0.1, 0.15) is 10.5 Å². The highest BCUT2D eigenvalue weighted by Crippen LogP contribution is 2.29. The summed E-state index contributed by atoms with van der Waals surface area (Å²) in [5.41, 5.74) is 6.22. The van der Waals surface area contributed by atoms with Crippen LogP contribution in [0.3, 0.4) is 0 Å². The molecule has 1 fully saturated rings. The van der Waals surface area contributed by atoms with Gasteiger partial charge in [0, 0.05) is 11.3 Å². The van der Waals surface area contributed by atoms with Crippen molar-refractivity contribution in [1.29, 1.82) is 0 Å².